The van der Waals surface area contributed by atoms with Crippen molar-refractivity contribution in [2.75, 3.05) is 18.9 Å². The second-order valence-corrected chi connectivity index (χ2v) is 10.5. The molecular formula is C25H21Cl2N5O2S2. The zero-order chi connectivity index (χ0) is 25.5. The zero-order valence-electron chi connectivity index (χ0n) is 18.9. The highest BCUT2D eigenvalue weighted by molar-refractivity contribution is 8.03. The van der Waals surface area contributed by atoms with Crippen LogP contribution in [0.2, 0.25) is 5.02 Å². The number of allylic oxidation sites excluding steroid dienone is 2. The Morgan fingerprint density at radius 1 is 1.22 bits per heavy atom. The van der Waals surface area contributed by atoms with Gasteiger partial charge in [0.2, 0.25) is 0 Å². The number of dihydropyridines is 1. The van der Waals surface area contributed by atoms with Gasteiger partial charge in [0.15, 0.2) is 0 Å². The summed E-state index contributed by atoms with van der Waals surface area (Å²) in [6, 6.07) is 17.2. The maximum atomic E-state index is 10.3. The summed E-state index contributed by atoms with van der Waals surface area (Å²) in [6.45, 7) is 0.266. The number of halogens is 2. The van der Waals surface area contributed by atoms with Crippen molar-refractivity contribution in [3.63, 3.8) is 0 Å². The first-order chi connectivity index (χ1) is 17.5. The van der Waals surface area contributed by atoms with Crippen molar-refractivity contribution in [2.24, 2.45) is 15.9 Å². The van der Waals surface area contributed by atoms with E-state index < -0.39 is 5.37 Å². The maximum Gasteiger partial charge on any atom is 0.134 e. The normalized spacial score (nSPS) is 20.4. The number of ether oxygens (including phenoxy) is 1. The van der Waals surface area contributed by atoms with Crippen LogP contribution < -0.4 is 15.8 Å². The van der Waals surface area contributed by atoms with Crippen molar-refractivity contribution in [3.05, 3.63) is 98.0 Å². The van der Waals surface area contributed by atoms with Gasteiger partial charge < -0.3 is 15.8 Å². The molecule has 0 spiro atoms. The van der Waals surface area contributed by atoms with Crippen molar-refractivity contribution in [1.82, 2.24) is 5.32 Å². The van der Waals surface area contributed by atoms with Crippen LogP contribution in [0.25, 0.3) is 5.57 Å². The van der Waals surface area contributed by atoms with E-state index in [1.807, 2.05) is 36.4 Å². The maximum absolute atomic E-state index is 10.3. The number of rotatable bonds is 9. The van der Waals surface area contributed by atoms with Crippen molar-refractivity contribution < 1.29 is 4.74 Å². The average molecular weight is 559 g/mol. The van der Waals surface area contributed by atoms with Gasteiger partial charge in [0.25, 0.3) is 0 Å². The summed E-state index contributed by atoms with van der Waals surface area (Å²) < 4.78 is 5.49. The van der Waals surface area contributed by atoms with Crippen LogP contribution in [0.1, 0.15) is 16.5 Å². The van der Waals surface area contributed by atoms with Crippen LogP contribution in [-0.4, -0.2) is 29.4 Å². The summed E-state index contributed by atoms with van der Waals surface area (Å²) in [5.41, 5.74) is 10.4. The highest BCUT2D eigenvalue weighted by atomic mass is 35.5. The molecule has 184 valence electrons. The summed E-state index contributed by atoms with van der Waals surface area (Å²) in [6.07, 6.45) is 1.37. The Morgan fingerprint density at radius 2 is 1.97 bits per heavy atom. The fourth-order valence-electron chi connectivity index (χ4n) is 3.65. The van der Waals surface area contributed by atoms with Gasteiger partial charge in [-0.1, -0.05) is 52.6 Å². The van der Waals surface area contributed by atoms with E-state index in [4.69, 9.17) is 33.7 Å². The van der Waals surface area contributed by atoms with Gasteiger partial charge in [0.05, 0.1) is 11.6 Å². The molecule has 2 heterocycles. The Kier molecular flexibility index (Phi) is 8.99. The van der Waals surface area contributed by atoms with E-state index in [0.29, 0.717) is 33.2 Å². The summed E-state index contributed by atoms with van der Waals surface area (Å²) in [7, 11) is 0. The van der Waals surface area contributed by atoms with Gasteiger partial charge in [0, 0.05) is 33.8 Å². The summed E-state index contributed by atoms with van der Waals surface area (Å²) in [5, 5.41) is 19.0. The van der Waals surface area contributed by atoms with Gasteiger partial charge in [-0.3, -0.25) is 4.99 Å². The topological polar surface area (TPSA) is 113 Å². The Balaban J connectivity index is 1.50. The number of thioether (sulfide) groups is 2. The molecule has 0 aromatic heterocycles. The molecule has 0 fully saturated rings. The Labute approximate surface area is 227 Å². The van der Waals surface area contributed by atoms with E-state index in [1.54, 1.807) is 23.9 Å². The van der Waals surface area contributed by atoms with E-state index in [-0.39, 0.29) is 23.7 Å². The minimum Gasteiger partial charge on any atom is -0.492 e. The standard InChI is InChI=1S/C25H21Cl2N5O2S2/c26-17-5-1-16(2-6-17)24-31-18(13-35-24)14-36-25-21(12-29)22(20(11-28)23(27)32-25)15-3-7-19(8-4-15)34-10-9-30-33/h1-8,11,13,24-25,31H,9-10,14,28H2. The smallest absolute Gasteiger partial charge is 0.134 e. The lowest BCUT2D eigenvalue weighted by molar-refractivity contribution is 0.328. The molecule has 2 aromatic rings. The van der Waals surface area contributed by atoms with Crippen molar-refractivity contribution in [1.29, 1.82) is 5.26 Å². The number of hydrogen-bond acceptors (Lipinski definition) is 9. The number of hydrogen-bond donors (Lipinski definition) is 2. The Bertz CT molecular complexity index is 1290. The van der Waals surface area contributed by atoms with Gasteiger partial charge >= 0.3 is 0 Å². The predicted molar refractivity (Wildman–Crippen MR) is 150 cm³/mol. The van der Waals surface area contributed by atoms with Crippen LogP contribution in [0, 0.1) is 16.2 Å². The van der Waals surface area contributed by atoms with Crippen molar-refractivity contribution in [2.45, 2.75) is 10.7 Å². The molecule has 4 rings (SSSR count). The summed E-state index contributed by atoms with van der Waals surface area (Å²) in [5.74, 6) is 1.21. The van der Waals surface area contributed by atoms with E-state index in [1.165, 1.54) is 18.0 Å². The van der Waals surface area contributed by atoms with E-state index in [0.717, 1.165) is 16.8 Å². The number of aliphatic imine (C=N–C) groups is 1. The lowest BCUT2D eigenvalue weighted by atomic mass is 9.92. The molecule has 0 aliphatic carbocycles. The molecule has 2 aromatic carbocycles. The molecule has 2 unspecified atom stereocenters. The highest BCUT2D eigenvalue weighted by Crippen LogP contribution is 2.41. The third-order valence-electron chi connectivity index (χ3n) is 5.35. The number of nitroso groups, excluding NO2 is 1. The average Bonchev–Trinajstić information content (AvgIpc) is 3.37. The van der Waals surface area contributed by atoms with Crippen LogP contribution in [0.4, 0.5) is 0 Å². The molecule has 2 aliphatic rings. The number of nitrogens with zero attached hydrogens (tertiary/aromatic N) is 3. The number of benzene rings is 2. The molecule has 2 aliphatic heterocycles. The first kappa shape index (κ1) is 26.2. The largest absolute Gasteiger partial charge is 0.492 e. The third-order valence-corrected chi connectivity index (χ3v) is 8.12. The van der Waals surface area contributed by atoms with E-state index in [2.05, 4.69) is 27.0 Å². The molecule has 2 atom stereocenters. The highest BCUT2D eigenvalue weighted by Gasteiger charge is 2.30. The fourth-order valence-corrected chi connectivity index (χ4v) is 6.20. The quantitative estimate of drug-likeness (QED) is 0.279. The SMILES string of the molecule is N#CC1=C(c2ccc(OCCN=O)cc2)C(=CN)C(Cl)=NC1SCC1=CSC(c2ccc(Cl)cc2)N1. The molecule has 36 heavy (non-hydrogen) atoms. The van der Waals surface area contributed by atoms with E-state index >= 15 is 0 Å². The van der Waals surface area contributed by atoms with Gasteiger partial charge in [0.1, 0.15) is 34.8 Å². The third kappa shape index (κ3) is 6.08. The molecule has 3 N–H and O–H groups in total. The molecule has 0 bridgehead atoms. The van der Waals surface area contributed by atoms with Crippen LogP contribution in [-0.2, 0) is 0 Å². The van der Waals surface area contributed by atoms with Crippen LogP contribution in [0.5, 0.6) is 5.75 Å². The number of nitriles is 1. The van der Waals surface area contributed by atoms with Crippen molar-refractivity contribution in [3.8, 4) is 11.8 Å². The monoisotopic (exact) mass is 557 g/mol. The minimum absolute atomic E-state index is 0.0702. The minimum atomic E-state index is -0.488. The van der Waals surface area contributed by atoms with Gasteiger partial charge in [-0.05, 0) is 40.8 Å². The second kappa shape index (κ2) is 12.4. The second-order valence-electron chi connectivity index (χ2n) is 7.64. The molecule has 0 amide bonds. The summed E-state index contributed by atoms with van der Waals surface area (Å²) >= 11 is 15.7. The Hall–Kier alpha value is -2.90. The lowest BCUT2D eigenvalue weighted by Gasteiger charge is -2.24. The Morgan fingerprint density at radius 3 is 2.64 bits per heavy atom. The molecular weight excluding hydrogens is 537 g/mol. The molecule has 11 heteroatoms. The molecule has 0 radical (unpaired) electrons. The number of nitrogens with one attached hydrogen (secondary N) is 1. The van der Waals surface area contributed by atoms with Crippen LogP contribution >= 0.6 is 46.7 Å². The van der Waals surface area contributed by atoms with Crippen molar-refractivity contribution >= 4 is 57.5 Å². The zero-order valence-corrected chi connectivity index (χ0v) is 22.0. The van der Waals surface area contributed by atoms with Gasteiger partial charge in [-0.15, -0.1) is 23.5 Å². The number of nitrogens with two attached hydrogens (primary N) is 1. The van der Waals surface area contributed by atoms with Gasteiger partial charge in [-0.25, -0.2) is 0 Å². The molecule has 0 saturated heterocycles. The first-order valence-corrected chi connectivity index (χ1v) is 13.6. The van der Waals surface area contributed by atoms with Crippen LogP contribution in [0.3, 0.4) is 0 Å². The molecule has 0 saturated carbocycles. The predicted octanol–water partition coefficient (Wildman–Crippen LogP) is 6.19. The molecule has 7 nitrogen and oxygen atoms in total. The fraction of sp³-hybridized carbons (Fsp3) is 0.200. The van der Waals surface area contributed by atoms with Crippen LogP contribution in [0.15, 0.2) is 87.2 Å². The van der Waals surface area contributed by atoms with Gasteiger partial charge in [-0.2, -0.15) is 10.2 Å². The van der Waals surface area contributed by atoms with E-state index in [9.17, 15) is 10.2 Å². The summed E-state index contributed by atoms with van der Waals surface area (Å²) in [4.78, 5) is 14.8. The lowest BCUT2D eigenvalue weighted by Crippen LogP contribution is -2.20. The first-order valence-electron chi connectivity index (χ1n) is 10.8.